The fraction of sp³-hybridized carbons (Fsp3) is 0.100. The maximum absolute atomic E-state index is 11.8. The van der Waals surface area contributed by atoms with Crippen LogP contribution in [-0.2, 0) is 0 Å². The molecule has 0 aliphatic rings. The van der Waals surface area contributed by atoms with Crippen LogP contribution in [0.15, 0.2) is 32.8 Å². The van der Waals surface area contributed by atoms with Gasteiger partial charge in [-0.2, -0.15) is 9.61 Å². The van der Waals surface area contributed by atoms with Crippen LogP contribution in [0.5, 0.6) is 0 Å². The van der Waals surface area contributed by atoms with E-state index in [9.17, 15) is 9.59 Å². The smallest absolute Gasteiger partial charge is 0.292 e. The van der Waals surface area contributed by atoms with Crippen molar-refractivity contribution in [2.75, 3.05) is 5.75 Å². The van der Waals surface area contributed by atoms with E-state index in [1.807, 2.05) is 11.4 Å². The van der Waals surface area contributed by atoms with Crippen molar-refractivity contribution in [3.05, 3.63) is 38.9 Å². The van der Waals surface area contributed by atoms with Gasteiger partial charge in [0, 0.05) is 0 Å². The molecule has 0 saturated carbocycles. The lowest BCUT2D eigenvalue weighted by atomic mass is 10.4. The van der Waals surface area contributed by atoms with Gasteiger partial charge in [-0.25, -0.2) is 0 Å². The summed E-state index contributed by atoms with van der Waals surface area (Å²) in [6, 6.07) is 3.64. The molecule has 0 atom stereocenters. The van der Waals surface area contributed by atoms with Gasteiger partial charge in [-0.3, -0.25) is 9.59 Å². The highest BCUT2D eigenvalue weighted by molar-refractivity contribution is 8.01. The Kier molecular flexibility index (Phi) is 3.40. The third-order valence-electron chi connectivity index (χ3n) is 2.18. The number of fused-ring (bicyclic) bond motifs is 1. The molecule has 0 spiro atoms. The van der Waals surface area contributed by atoms with Gasteiger partial charge in [0.1, 0.15) is 6.20 Å². The van der Waals surface area contributed by atoms with Crippen molar-refractivity contribution < 1.29 is 4.79 Å². The summed E-state index contributed by atoms with van der Waals surface area (Å²) in [5.74, 6) is 0.348. The minimum Gasteiger partial charge on any atom is -0.292 e. The van der Waals surface area contributed by atoms with E-state index in [1.54, 1.807) is 6.07 Å². The molecule has 0 fully saturated rings. The van der Waals surface area contributed by atoms with Crippen LogP contribution in [0.1, 0.15) is 9.67 Å². The standard InChI is InChI=1S/C10H6N4O2S3/c15-6(7-2-1-3-17-7)5-18-10-13-14-8(16)4-11-12-9(14)19-10/h1-4H,5H2. The fourth-order valence-corrected chi connectivity index (χ4v) is 3.87. The number of rotatable bonds is 4. The zero-order valence-electron chi connectivity index (χ0n) is 9.35. The molecule has 0 aliphatic carbocycles. The quantitative estimate of drug-likeness (QED) is 0.538. The highest BCUT2D eigenvalue weighted by atomic mass is 32.2. The van der Waals surface area contributed by atoms with Crippen LogP contribution in [0.3, 0.4) is 0 Å². The largest absolute Gasteiger partial charge is 0.293 e. The predicted molar refractivity (Wildman–Crippen MR) is 74.3 cm³/mol. The Bertz CT molecular complexity index is 778. The summed E-state index contributed by atoms with van der Waals surface area (Å²) in [6.45, 7) is 0. The molecular weight excluding hydrogens is 304 g/mol. The van der Waals surface area contributed by atoms with Crippen LogP contribution < -0.4 is 5.56 Å². The average Bonchev–Trinajstić information content (AvgIpc) is 3.05. The van der Waals surface area contributed by atoms with E-state index in [0.717, 1.165) is 11.1 Å². The highest BCUT2D eigenvalue weighted by Crippen LogP contribution is 2.24. The average molecular weight is 310 g/mol. The topological polar surface area (TPSA) is 77.2 Å². The SMILES string of the molecule is O=C(CSc1nn2c(=O)cnnc2s1)c1cccs1. The second-order valence-corrected chi connectivity index (χ2v) is 6.56. The summed E-state index contributed by atoms with van der Waals surface area (Å²) < 4.78 is 1.82. The number of thiophene rings is 1. The van der Waals surface area contributed by atoms with Crippen molar-refractivity contribution in [2.45, 2.75) is 4.34 Å². The number of hydrogen-bond donors (Lipinski definition) is 0. The molecule has 0 N–H and O–H groups in total. The van der Waals surface area contributed by atoms with E-state index in [0.29, 0.717) is 15.1 Å². The minimum atomic E-state index is -0.322. The number of carbonyl (C=O) groups is 1. The highest BCUT2D eigenvalue weighted by Gasteiger charge is 2.11. The predicted octanol–water partition coefficient (Wildman–Crippen LogP) is 1.58. The molecule has 0 unspecified atom stereocenters. The number of ketones is 1. The first-order chi connectivity index (χ1) is 9.24. The molecule has 6 nitrogen and oxygen atoms in total. The number of Topliss-reactive ketones (excluding diaryl/α,β-unsaturated/α-hetero) is 1. The molecule has 0 radical (unpaired) electrons. The van der Waals surface area contributed by atoms with Gasteiger partial charge in [0.2, 0.25) is 4.96 Å². The van der Waals surface area contributed by atoms with Gasteiger partial charge in [0.05, 0.1) is 10.6 Å². The molecule has 3 heterocycles. The number of thioether (sulfide) groups is 1. The maximum atomic E-state index is 11.8. The van der Waals surface area contributed by atoms with Gasteiger partial charge in [-0.1, -0.05) is 29.2 Å². The summed E-state index contributed by atoms with van der Waals surface area (Å²) >= 11 is 3.96. The van der Waals surface area contributed by atoms with Gasteiger partial charge in [0.15, 0.2) is 10.1 Å². The van der Waals surface area contributed by atoms with Crippen LogP contribution in [0, 0.1) is 0 Å². The van der Waals surface area contributed by atoms with Crippen molar-refractivity contribution in [3.63, 3.8) is 0 Å². The third kappa shape index (κ3) is 2.57. The summed E-state index contributed by atoms with van der Waals surface area (Å²) in [5.41, 5.74) is -0.322. The van der Waals surface area contributed by atoms with Crippen LogP contribution in [0.25, 0.3) is 4.96 Å². The maximum Gasteiger partial charge on any atom is 0.293 e. The minimum absolute atomic E-state index is 0.0534. The Morgan fingerprint density at radius 2 is 2.37 bits per heavy atom. The Hall–Kier alpha value is -1.58. The molecule has 9 heteroatoms. The van der Waals surface area contributed by atoms with Gasteiger partial charge in [-0.05, 0) is 11.4 Å². The molecule has 0 amide bonds. The third-order valence-corrected chi connectivity index (χ3v) is 5.13. The monoisotopic (exact) mass is 310 g/mol. The first kappa shape index (κ1) is 12.5. The summed E-state index contributed by atoms with van der Waals surface area (Å²) in [4.78, 5) is 24.4. The number of aromatic nitrogens is 4. The van der Waals surface area contributed by atoms with Gasteiger partial charge in [-0.15, -0.1) is 21.5 Å². The zero-order valence-corrected chi connectivity index (χ0v) is 11.8. The van der Waals surface area contributed by atoms with Crippen molar-refractivity contribution >= 4 is 45.2 Å². The first-order valence-electron chi connectivity index (χ1n) is 5.15. The second kappa shape index (κ2) is 5.19. The molecule has 3 aromatic heterocycles. The van der Waals surface area contributed by atoms with E-state index in [1.165, 1.54) is 39.0 Å². The molecule has 0 saturated heterocycles. The normalized spacial score (nSPS) is 10.9. The van der Waals surface area contributed by atoms with Crippen LogP contribution in [0.2, 0.25) is 0 Å². The Morgan fingerprint density at radius 1 is 1.47 bits per heavy atom. The van der Waals surface area contributed by atoms with Crippen LogP contribution >= 0.6 is 34.4 Å². The summed E-state index contributed by atoms with van der Waals surface area (Å²) in [5, 5.41) is 13.4. The van der Waals surface area contributed by atoms with E-state index >= 15 is 0 Å². The molecule has 19 heavy (non-hydrogen) atoms. The zero-order chi connectivity index (χ0) is 13.2. The van der Waals surface area contributed by atoms with Crippen LogP contribution in [0.4, 0.5) is 0 Å². The second-order valence-electron chi connectivity index (χ2n) is 3.43. The van der Waals surface area contributed by atoms with Crippen molar-refractivity contribution in [3.8, 4) is 0 Å². The first-order valence-corrected chi connectivity index (χ1v) is 7.83. The Balaban J connectivity index is 1.77. The summed E-state index contributed by atoms with van der Waals surface area (Å²) in [6.07, 6.45) is 1.11. The van der Waals surface area contributed by atoms with Crippen molar-refractivity contribution in [1.29, 1.82) is 0 Å². The summed E-state index contributed by atoms with van der Waals surface area (Å²) in [7, 11) is 0. The van der Waals surface area contributed by atoms with Gasteiger partial charge < -0.3 is 0 Å². The van der Waals surface area contributed by atoms with Crippen molar-refractivity contribution in [1.82, 2.24) is 19.8 Å². The molecule has 96 valence electrons. The van der Waals surface area contributed by atoms with Crippen LogP contribution in [-0.4, -0.2) is 31.3 Å². The lowest BCUT2D eigenvalue weighted by Crippen LogP contribution is -2.14. The molecule has 0 bridgehead atoms. The van der Waals surface area contributed by atoms with E-state index in [-0.39, 0.29) is 11.3 Å². The number of nitrogens with zero attached hydrogens (tertiary/aromatic N) is 4. The molecule has 3 aromatic rings. The number of carbonyl (C=O) groups excluding carboxylic acids is 1. The van der Waals surface area contributed by atoms with Crippen molar-refractivity contribution in [2.24, 2.45) is 0 Å². The number of hydrogen-bond acceptors (Lipinski definition) is 8. The molecular formula is C10H6N4O2S3. The molecule has 3 rings (SSSR count). The Morgan fingerprint density at radius 3 is 3.11 bits per heavy atom. The molecule has 0 aliphatic heterocycles. The Labute approximate surface area is 119 Å². The van der Waals surface area contributed by atoms with E-state index in [2.05, 4.69) is 15.3 Å². The lowest BCUT2D eigenvalue weighted by Gasteiger charge is -1.93. The lowest BCUT2D eigenvalue weighted by molar-refractivity contribution is 0.102. The van der Waals surface area contributed by atoms with E-state index in [4.69, 9.17) is 0 Å². The van der Waals surface area contributed by atoms with Gasteiger partial charge >= 0.3 is 0 Å². The fourth-order valence-electron chi connectivity index (χ4n) is 1.35. The molecule has 0 aromatic carbocycles. The van der Waals surface area contributed by atoms with E-state index < -0.39 is 0 Å². The van der Waals surface area contributed by atoms with Gasteiger partial charge in [0.25, 0.3) is 5.56 Å².